The van der Waals surface area contributed by atoms with Crippen LogP contribution in [0.5, 0.6) is 0 Å². The van der Waals surface area contributed by atoms with Crippen LogP contribution in [-0.4, -0.2) is 56.2 Å². The molecule has 2 aromatic carbocycles. The summed E-state index contributed by atoms with van der Waals surface area (Å²) in [6.45, 7) is 2.26. The summed E-state index contributed by atoms with van der Waals surface area (Å²) in [5, 5.41) is 7.52. The predicted octanol–water partition coefficient (Wildman–Crippen LogP) is 4.59. The largest absolute Gasteiger partial charge is 0.378 e. The van der Waals surface area contributed by atoms with Crippen LogP contribution in [0.3, 0.4) is 0 Å². The molecule has 0 N–H and O–H groups in total. The Bertz CT molecular complexity index is 1530. The van der Waals surface area contributed by atoms with Crippen molar-refractivity contribution < 1.29 is 17.5 Å². The van der Waals surface area contributed by atoms with Gasteiger partial charge >= 0.3 is 0 Å². The molecule has 0 saturated carbocycles. The number of hydrogen-bond acceptors (Lipinski definition) is 8. The van der Waals surface area contributed by atoms with Crippen LogP contribution in [0.4, 0.5) is 16.2 Å². The molecule has 0 amide bonds. The van der Waals surface area contributed by atoms with E-state index in [0.29, 0.717) is 72.2 Å². The van der Waals surface area contributed by atoms with Crippen LogP contribution in [0.1, 0.15) is 34.8 Å². The van der Waals surface area contributed by atoms with Crippen LogP contribution >= 0.6 is 23.2 Å². The zero-order chi connectivity index (χ0) is 26.4. The average Bonchev–Trinajstić information content (AvgIpc) is 3.36. The highest BCUT2D eigenvalue weighted by Crippen LogP contribution is 2.39. The number of rotatable bonds is 4. The van der Waals surface area contributed by atoms with Gasteiger partial charge in [-0.25, -0.2) is 22.8 Å². The van der Waals surface area contributed by atoms with Crippen molar-refractivity contribution in [3.63, 3.8) is 0 Å². The van der Waals surface area contributed by atoms with Gasteiger partial charge in [-0.2, -0.15) is 10.1 Å². The lowest BCUT2D eigenvalue weighted by molar-refractivity contribution is 0.122. The molecule has 1 aromatic heterocycles. The van der Waals surface area contributed by atoms with E-state index in [0.717, 1.165) is 16.8 Å². The first-order chi connectivity index (χ1) is 18.3. The maximum Gasteiger partial charge on any atom is 0.249 e. The van der Waals surface area contributed by atoms with Crippen molar-refractivity contribution in [3.05, 3.63) is 80.7 Å². The number of ether oxygens (including phenoxy) is 1. The van der Waals surface area contributed by atoms with Crippen molar-refractivity contribution >= 4 is 50.5 Å². The number of morpholine rings is 1. The van der Waals surface area contributed by atoms with Crippen LogP contribution in [0.2, 0.25) is 10.0 Å². The molecule has 198 valence electrons. The fraction of sp³-hybridized carbons (Fsp3) is 0.346. The van der Waals surface area contributed by atoms with Crippen LogP contribution in [0.15, 0.2) is 47.6 Å². The second kappa shape index (κ2) is 10.1. The molecule has 0 bridgehead atoms. The van der Waals surface area contributed by atoms with Gasteiger partial charge in [0, 0.05) is 31.5 Å². The second-order valence-electron chi connectivity index (χ2n) is 9.51. The quantitative estimate of drug-likeness (QED) is 0.449. The van der Waals surface area contributed by atoms with Gasteiger partial charge in [-0.15, -0.1) is 0 Å². The zero-order valence-corrected chi connectivity index (χ0v) is 22.6. The third kappa shape index (κ3) is 4.98. The van der Waals surface area contributed by atoms with E-state index < -0.39 is 9.84 Å². The van der Waals surface area contributed by atoms with E-state index in [1.165, 1.54) is 12.1 Å². The highest BCUT2D eigenvalue weighted by Gasteiger charge is 2.35. The minimum absolute atomic E-state index is 0.0410. The van der Waals surface area contributed by atoms with Gasteiger partial charge in [0.25, 0.3) is 0 Å². The maximum atomic E-state index is 13.6. The lowest BCUT2D eigenvalue weighted by atomic mass is 9.98. The summed E-state index contributed by atoms with van der Waals surface area (Å²) in [6.07, 6.45) is 0.815. The number of hydrogen-bond donors (Lipinski definition) is 0. The average molecular weight is 576 g/mol. The van der Waals surface area contributed by atoms with Gasteiger partial charge < -0.3 is 9.64 Å². The van der Waals surface area contributed by atoms with Crippen LogP contribution in [0, 0.1) is 5.82 Å². The van der Waals surface area contributed by atoms with Gasteiger partial charge in [-0.1, -0.05) is 41.4 Å². The molecule has 3 aliphatic heterocycles. The van der Waals surface area contributed by atoms with Gasteiger partial charge in [0.2, 0.25) is 5.95 Å². The van der Waals surface area contributed by atoms with Gasteiger partial charge in [0.1, 0.15) is 11.6 Å². The van der Waals surface area contributed by atoms with Crippen LogP contribution < -0.4 is 9.91 Å². The number of aromatic nitrogens is 2. The molecule has 3 aromatic rings. The number of fused-ring (bicyclic) bond motifs is 1. The lowest BCUT2D eigenvalue weighted by Gasteiger charge is -2.32. The molecule has 0 unspecified atom stereocenters. The first-order valence-corrected chi connectivity index (χ1v) is 14.9. The molecule has 0 aliphatic carbocycles. The number of benzene rings is 2. The first-order valence-electron chi connectivity index (χ1n) is 12.3. The topological polar surface area (TPSA) is 88.0 Å². The molecular formula is C26H24Cl2FN5O3S. The highest BCUT2D eigenvalue weighted by molar-refractivity contribution is 7.90. The summed E-state index contributed by atoms with van der Waals surface area (Å²) in [5.74, 6) is 0.607. The summed E-state index contributed by atoms with van der Waals surface area (Å²) >= 11 is 12.6. The Morgan fingerprint density at radius 2 is 1.76 bits per heavy atom. The molecule has 4 heterocycles. The van der Waals surface area contributed by atoms with Crippen molar-refractivity contribution in [3.8, 4) is 0 Å². The number of anilines is 2. The smallest absolute Gasteiger partial charge is 0.249 e. The molecule has 0 radical (unpaired) electrons. The van der Waals surface area contributed by atoms with E-state index in [1.807, 2.05) is 6.07 Å². The molecule has 38 heavy (non-hydrogen) atoms. The van der Waals surface area contributed by atoms with Gasteiger partial charge in [0.05, 0.1) is 52.2 Å². The summed E-state index contributed by atoms with van der Waals surface area (Å²) in [5.41, 5.74) is 3.77. The zero-order valence-electron chi connectivity index (χ0n) is 20.3. The fourth-order valence-corrected chi connectivity index (χ4v) is 6.72. The molecule has 3 aliphatic rings. The van der Waals surface area contributed by atoms with E-state index in [-0.39, 0.29) is 23.4 Å². The maximum absolute atomic E-state index is 13.6. The van der Waals surface area contributed by atoms with Crippen molar-refractivity contribution in [2.45, 2.75) is 24.6 Å². The Kier molecular flexibility index (Phi) is 6.75. The van der Waals surface area contributed by atoms with E-state index >= 15 is 0 Å². The van der Waals surface area contributed by atoms with E-state index in [1.54, 1.807) is 29.3 Å². The molecule has 1 fully saturated rings. The second-order valence-corrected chi connectivity index (χ2v) is 12.5. The van der Waals surface area contributed by atoms with Crippen molar-refractivity contribution in [2.24, 2.45) is 5.10 Å². The number of halogens is 3. The Morgan fingerprint density at radius 3 is 2.50 bits per heavy atom. The SMILES string of the molecule is O=S1(=O)CCc2nc(N3N=C(c4ccc(F)cc4)C[C@@H]3c3ccc(Cl)c(Cl)c3)nc(N3CCOCC3)c2C1. The number of aryl methyl sites for hydroxylation is 1. The summed E-state index contributed by atoms with van der Waals surface area (Å²) in [6, 6.07) is 11.3. The Labute approximate surface area is 230 Å². The standard InChI is InChI=1S/C26H24Cl2FN5O3S/c27-20-6-3-17(13-21(20)28)24-14-23(16-1-4-18(29)5-2-16)32-34(24)26-30-22-7-12-38(35,36)15-19(22)25(31-26)33-8-10-37-11-9-33/h1-6,13,24H,7-12,14-15H2/t24-/m1/s1. The highest BCUT2D eigenvalue weighted by atomic mass is 35.5. The third-order valence-corrected chi connectivity index (χ3v) is 9.30. The van der Waals surface area contributed by atoms with Crippen LogP contribution in [-0.2, 0) is 26.7 Å². The Hall–Kier alpha value is -2.79. The Morgan fingerprint density at radius 1 is 1.00 bits per heavy atom. The Balaban J connectivity index is 1.48. The molecule has 1 atom stereocenters. The lowest BCUT2D eigenvalue weighted by Crippen LogP contribution is -2.39. The van der Waals surface area contributed by atoms with E-state index in [9.17, 15) is 12.8 Å². The van der Waals surface area contributed by atoms with E-state index in [2.05, 4.69) is 4.90 Å². The normalized spacial score (nSPS) is 20.8. The number of hydrazone groups is 1. The number of nitrogens with zero attached hydrogens (tertiary/aromatic N) is 5. The predicted molar refractivity (Wildman–Crippen MR) is 145 cm³/mol. The first kappa shape index (κ1) is 25.5. The van der Waals surface area contributed by atoms with Crippen molar-refractivity contribution in [1.29, 1.82) is 0 Å². The third-order valence-electron chi connectivity index (χ3n) is 7.01. The fourth-order valence-electron chi connectivity index (χ4n) is 5.03. The summed E-state index contributed by atoms with van der Waals surface area (Å²) < 4.78 is 44.2. The van der Waals surface area contributed by atoms with Crippen LogP contribution in [0.25, 0.3) is 0 Å². The number of sulfone groups is 1. The molecule has 6 rings (SSSR count). The van der Waals surface area contributed by atoms with E-state index in [4.69, 9.17) is 43.0 Å². The van der Waals surface area contributed by atoms with Gasteiger partial charge in [-0.05, 0) is 35.4 Å². The van der Waals surface area contributed by atoms with Gasteiger partial charge in [0.15, 0.2) is 9.84 Å². The molecule has 8 nitrogen and oxygen atoms in total. The van der Waals surface area contributed by atoms with Crippen molar-refractivity contribution in [2.75, 3.05) is 42.0 Å². The minimum Gasteiger partial charge on any atom is -0.378 e. The minimum atomic E-state index is -3.24. The summed E-state index contributed by atoms with van der Waals surface area (Å²) in [4.78, 5) is 11.8. The van der Waals surface area contributed by atoms with Crippen molar-refractivity contribution in [1.82, 2.24) is 9.97 Å². The molecular weight excluding hydrogens is 552 g/mol. The van der Waals surface area contributed by atoms with Gasteiger partial charge in [-0.3, -0.25) is 0 Å². The summed E-state index contributed by atoms with van der Waals surface area (Å²) in [7, 11) is -3.24. The molecule has 1 saturated heterocycles. The molecule has 12 heteroatoms. The monoisotopic (exact) mass is 575 g/mol. The molecule has 0 spiro atoms.